The van der Waals surface area contributed by atoms with Crippen LogP contribution >= 0.6 is 11.6 Å². The molecule has 1 fully saturated rings. The van der Waals surface area contributed by atoms with Crippen LogP contribution in [0.15, 0.2) is 47.4 Å². The summed E-state index contributed by atoms with van der Waals surface area (Å²) in [4.78, 5) is 2.03. The second-order valence-corrected chi connectivity index (χ2v) is 8.21. The van der Waals surface area contributed by atoms with Gasteiger partial charge in [-0.05, 0) is 36.4 Å². The van der Waals surface area contributed by atoms with E-state index in [1.165, 1.54) is 46.8 Å². The lowest BCUT2D eigenvalue weighted by molar-refractivity contribution is 0.178. The molecule has 1 aliphatic rings. The van der Waals surface area contributed by atoms with Crippen LogP contribution in [0.3, 0.4) is 0 Å². The molecule has 1 aliphatic heterocycles. The molecule has 25 heavy (non-hydrogen) atoms. The summed E-state index contributed by atoms with van der Waals surface area (Å²) in [7, 11) is -3.59. The third-order valence-electron chi connectivity index (χ3n) is 4.23. The lowest BCUT2D eigenvalue weighted by Gasteiger charge is -2.34. The van der Waals surface area contributed by atoms with Crippen molar-refractivity contribution in [1.29, 1.82) is 0 Å². The first kappa shape index (κ1) is 18.3. The van der Waals surface area contributed by atoms with Crippen LogP contribution in [0, 0.1) is 11.6 Å². The highest BCUT2D eigenvalue weighted by atomic mass is 35.5. The molecule has 0 radical (unpaired) electrons. The number of halogens is 3. The third-order valence-corrected chi connectivity index (χ3v) is 6.39. The van der Waals surface area contributed by atoms with Gasteiger partial charge < -0.3 is 0 Å². The first-order valence-corrected chi connectivity index (χ1v) is 9.61. The smallest absolute Gasteiger partial charge is 0.243 e. The van der Waals surface area contributed by atoms with Crippen LogP contribution in [-0.2, 0) is 16.6 Å². The van der Waals surface area contributed by atoms with Crippen molar-refractivity contribution in [3.63, 3.8) is 0 Å². The fourth-order valence-corrected chi connectivity index (χ4v) is 4.34. The molecule has 0 amide bonds. The zero-order valence-corrected chi connectivity index (χ0v) is 14.9. The third kappa shape index (κ3) is 4.00. The second kappa shape index (κ2) is 7.37. The van der Waals surface area contributed by atoms with Gasteiger partial charge in [-0.25, -0.2) is 17.2 Å². The van der Waals surface area contributed by atoms with E-state index in [9.17, 15) is 17.2 Å². The zero-order chi connectivity index (χ0) is 18.0. The van der Waals surface area contributed by atoms with Gasteiger partial charge in [-0.3, -0.25) is 4.90 Å². The van der Waals surface area contributed by atoms with Gasteiger partial charge in [0.25, 0.3) is 0 Å². The summed E-state index contributed by atoms with van der Waals surface area (Å²) in [5.74, 6) is -1.17. The minimum Gasteiger partial charge on any atom is -0.296 e. The molecule has 0 spiro atoms. The predicted octanol–water partition coefficient (Wildman–Crippen LogP) is 3.12. The highest BCUT2D eigenvalue weighted by molar-refractivity contribution is 7.89. The van der Waals surface area contributed by atoms with Crippen molar-refractivity contribution in [3.05, 3.63) is 64.7 Å². The van der Waals surface area contributed by atoms with Gasteiger partial charge in [0.2, 0.25) is 10.0 Å². The molecule has 0 aromatic heterocycles. The molecule has 1 heterocycles. The van der Waals surface area contributed by atoms with E-state index in [1.807, 2.05) is 4.90 Å². The maximum atomic E-state index is 13.7. The SMILES string of the molecule is O=S(=O)(c1ccc(Cl)cc1)N1CCN(Cc2c(F)cccc2F)CC1. The summed E-state index contributed by atoms with van der Waals surface area (Å²) in [6, 6.07) is 9.78. The van der Waals surface area contributed by atoms with Crippen LogP contribution in [0.5, 0.6) is 0 Å². The van der Waals surface area contributed by atoms with Crippen LogP contribution < -0.4 is 0 Å². The lowest BCUT2D eigenvalue weighted by Crippen LogP contribution is -2.48. The molecule has 0 atom stereocenters. The molecule has 0 saturated carbocycles. The van der Waals surface area contributed by atoms with Crippen LogP contribution in [0.4, 0.5) is 8.78 Å². The standard InChI is InChI=1S/C17H17ClF2N2O2S/c18-13-4-6-14(7-5-13)25(23,24)22-10-8-21(9-11-22)12-15-16(19)2-1-3-17(15)20/h1-7H,8-12H2. The van der Waals surface area contributed by atoms with E-state index in [0.717, 1.165) is 0 Å². The van der Waals surface area contributed by atoms with Gasteiger partial charge in [-0.1, -0.05) is 17.7 Å². The van der Waals surface area contributed by atoms with Crippen molar-refractivity contribution in [2.24, 2.45) is 0 Å². The van der Waals surface area contributed by atoms with Gasteiger partial charge in [0.1, 0.15) is 11.6 Å². The Bertz CT molecular complexity index is 831. The van der Waals surface area contributed by atoms with Gasteiger partial charge in [0, 0.05) is 43.3 Å². The van der Waals surface area contributed by atoms with Gasteiger partial charge >= 0.3 is 0 Å². The number of hydrogen-bond donors (Lipinski definition) is 0. The monoisotopic (exact) mass is 386 g/mol. The van der Waals surface area contributed by atoms with E-state index in [2.05, 4.69) is 0 Å². The first-order valence-electron chi connectivity index (χ1n) is 7.79. The van der Waals surface area contributed by atoms with E-state index < -0.39 is 21.7 Å². The molecule has 0 N–H and O–H groups in total. The maximum Gasteiger partial charge on any atom is 0.243 e. The zero-order valence-electron chi connectivity index (χ0n) is 13.3. The molecule has 0 bridgehead atoms. The Morgan fingerprint density at radius 3 is 2.04 bits per heavy atom. The minimum absolute atomic E-state index is 0.0107. The molecule has 0 unspecified atom stereocenters. The van der Waals surface area contributed by atoms with Crippen LogP contribution in [-0.4, -0.2) is 43.8 Å². The van der Waals surface area contributed by atoms with E-state index in [1.54, 1.807) is 0 Å². The maximum absolute atomic E-state index is 13.7. The highest BCUT2D eigenvalue weighted by Crippen LogP contribution is 2.21. The number of rotatable bonds is 4. The molecule has 2 aromatic carbocycles. The summed E-state index contributed by atoms with van der Waals surface area (Å²) in [5, 5.41) is 0.468. The number of benzene rings is 2. The first-order chi connectivity index (χ1) is 11.9. The Morgan fingerprint density at radius 1 is 0.920 bits per heavy atom. The Kier molecular flexibility index (Phi) is 5.38. The number of nitrogens with zero attached hydrogens (tertiary/aromatic N) is 2. The Labute approximate surface area is 150 Å². The average Bonchev–Trinajstić information content (AvgIpc) is 2.59. The topological polar surface area (TPSA) is 40.6 Å². The van der Waals surface area contributed by atoms with Crippen molar-refractivity contribution >= 4 is 21.6 Å². The molecule has 3 rings (SSSR count). The number of piperazine rings is 1. The second-order valence-electron chi connectivity index (χ2n) is 5.83. The van der Waals surface area contributed by atoms with Crippen molar-refractivity contribution in [2.45, 2.75) is 11.4 Å². The summed E-state index contributed by atoms with van der Waals surface area (Å²) >= 11 is 5.79. The Hall–Kier alpha value is -1.54. The molecule has 1 saturated heterocycles. The molecule has 4 nitrogen and oxygen atoms in total. The molecule has 2 aromatic rings. The highest BCUT2D eigenvalue weighted by Gasteiger charge is 2.29. The van der Waals surface area contributed by atoms with Crippen molar-refractivity contribution in [2.75, 3.05) is 26.2 Å². The molecule has 8 heteroatoms. The van der Waals surface area contributed by atoms with Crippen LogP contribution in [0.2, 0.25) is 5.02 Å². The Morgan fingerprint density at radius 2 is 1.48 bits per heavy atom. The van der Waals surface area contributed by atoms with Crippen molar-refractivity contribution < 1.29 is 17.2 Å². The summed E-state index contributed by atoms with van der Waals surface area (Å²) in [6.45, 7) is 1.45. The summed E-state index contributed by atoms with van der Waals surface area (Å²) < 4.78 is 54.1. The van der Waals surface area contributed by atoms with Gasteiger partial charge in [-0.15, -0.1) is 0 Å². The van der Waals surface area contributed by atoms with E-state index in [0.29, 0.717) is 18.1 Å². The molecular weight excluding hydrogens is 370 g/mol. The number of hydrogen-bond acceptors (Lipinski definition) is 3. The van der Waals surface area contributed by atoms with Gasteiger partial charge in [0.15, 0.2) is 0 Å². The molecule has 134 valence electrons. The Balaban J connectivity index is 1.66. The molecule has 0 aliphatic carbocycles. The van der Waals surface area contributed by atoms with Crippen LogP contribution in [0.25, 0.3) is 0 Å². The summed E-state index contributed by atoms with van der Waals surface area (Å²) in [5.41, 5.74) is 0.0107. The van der Waals surface area contributed by atoms with E-state index in [-0.39, 0.29) is 30.1 Å². The summed E-state index contributed by atoms with van der Waals surface area (Å²) in [6.07, 6.45) is 0. The van der Waals surface area contributed by atoms with Gasteiger partial charge in [-0.2, -0.15) is 4.31 Å². The average molecular weight is 387 g/mol. The van der Waals surface area contributed by atoms with Crippen molar-refractivity contribution in [3.8, 4) is 0 Å². The number of sulfonamides is 1. The fourth-order valence-electron chi connectivity index (χ4n) is 2.79. The van der Waals surface area contributed by atoms with Gasteiger partial charge in [0.05, 0.1) is 4.90 Å². The largest absolute Gasteiger partial charge is 0.296 e. The van der Waals surface area contributed by atoms with E-state index >= 15 is 0 Å². The minimum atomic E-state index is -3.59. The van der Waals surface area contributed by atoms with Crippen molar-refractivity contribution in [1.82, 2.24) is 9.21 Å². The lowest BCUT2D eigenvalue weighted by atomic mass is 10.1. The van der Waals surface area contributed by atoms with E-state index in [4.69, 9.17) is 11.6 Å². The predicted molar refractivity (Wildman–Crippen MR) is 91.8 cm³/mol. The fraction of sp³-hybridized carbons (Fsp3) is 0.294. The normalized spacial score (nSPS) is 16.9. The quantitative estimate of drug-likeness (QED) is 0.810. The van der Waals surface area contributed by atoms with Crippen LogP contribution in [0.1, 0.15) is 5.56 Å². The molecular formula is C17H17ClF2N2O2S.